The fraction of sp³-hybridized carbons (Fsp3) is 0.273. The van der Waals surface area contributed by atoms with E-state index in [0.717, 1.165) is 36.4 Å². The van der Waals surface area contributed by atoms with E-state index in [1.165, 1.54) is 5.82 Å². The molecule has 3 aromatic rings. The molecule has 28 heavy (non-hydrogen) atoms. The summed E-state index contributed by atoms with van der Waals surface area (Å²) in [5.41, 5.74) is 2.95. The van der Waals surface area contributed by atoms with Gasteiger partial charge in [-0.1, -0.05) is 12.1 Å². The van der Waals surface area contributed by atoms with Crippen LogP contribution in [0.15, 0.2) is 54.7 Å². The quantitative estimate of drug-likeness (QED) is 0.407. The zero-order chi connectivity index (χ0) is 18.8. The van der Waals surface area contributed by atoms with Gasteiger partial charge in [-0.25, -0.2) is 9.13 Å². The van der Waals surface area contributed by atoms with Crippen LogP contribution in [-0.2, 0) is 19.5 Å². The van der Waals surface area contributed by atoms with Crippen molar-refractivity contribution in [2.75, 3.05) is 14.2 Å². The van der Waals surface area contributed by atoms with Crippen LogP contribution in [0.3, 0.4) is 0 Å². The van der Waals surface area contributed by atoms with E-state index in [2.05, 4.69) is 27.5 Å². The minimum atomic E-state index is 0. The first kappa shape index (κ1) is 20.1. The van der Waals surface area contributed by atoms with Gasteiger partial charge in [0.25, 0.3) is 5.82 Å². The Morgan fingerprint density at radius 1 is 1.07 bits per heavy atom. The number of halogens is 1. The van der Waals surface area contributed by atoms with Gasteiger partial charge in [-0.15, -0.1) is 0 Å². The van der Waals surface area contributed by atoms with Crippen molar-refractivity contribution >= 4 is 5.78 Å². The smallest absolute Gasteiger partial charge is 0.257 e. The SMILES string of the molecule is COc1ccc(-c2c[n+](CC(=O)c3cccc(OC)c3)c3n2CCC3)cc1.[Br-]. The third kappa shape index (κ3) is 3.83. The highest BCUT2D eigenvalue weighted by Gasteiger charge is 2.29. The molecule has 146 valence electrons. The Bertz CT molecular complexity index is 980. The number of Topliss-reactive ketones (excluding diaryl/α,β-unsaturated/α-hetero) is 1. The summed E-state index contributed by atoms with van der Waals surface area (Å²) in [6, 6.07) is 15.4. The average Bonchev–Trinajstić information content (AvgIpc) is 3.32. The lowest BCUT2D eigenvalue weighted by Crippen LogP contribution is -3.00. The zero-order valence-electron chi connectivity index (χ0n) is 16.0. The highest BCUT2D eigenvalue weighted by Crippen LogP contribution is 2.26. The Morgan fingerprint density at radius 2 is 1.82 bits per heavy atom. The number of rotatable bonds is 6. The lowest BCUT2D eigenvalue weighted by atomic mass is 10.1. The molecule has 4 rings (SSSR count). The molecule has 1 aliphatic rings. The molecule has 6 heteroatoms. The third-order valence-electron chi connectivity index (χ3n) is 5.09. The van der Waals surface area contributed by atoms with Crippen molar-refractivity contribution in [3.05, 3.63) is 66.1 Å². The number of nitrogens with zero attached hydrogens (tertiary/aromatic N) is 2. The molecular weight excluding hydrogens is 420 g/mol. The fourth-order valence-corrected chi connectivity index (χ4v) is 3.68. The van der Waals surface area contributed by atoms with Crippen LogP contribution in [0.4, 0.5) is 0 Å². The average molecular weight is 443 g/mol. The van der Waals surface area contributed by atoms with E-state index in [1.807, 2.05) is 30.3 Å². The number of ketones is 1. The number of hydrogen-bond donors (Lipinski definition) is 0. The van der Waals surface area contributed by atoms with Gasteiger partial charge in [-0.05, 0) is 42.8 Å². The fourth-order valence-electron chi connectivity index (χ4n) is 3.68. The second kappa shape index (κ2) is 8.61. The topological polar surface area (TPSA) is 44.3 Å². The molecule has 0 radical (unpaired) electrons. The molecule has 0 N–H and O–H groups in total. The van der Waals surface area contributed by atoms with Gasteiger partial charge in [0.1, 0.15) is 17.7 Å². The molecular formula is C22H23BrN2O3. The van der Waals surface area contributed by atoms with Gasteiger partial charge in [0.05, 0.1) is 27.2 Å². The van der Waals surface area contributed by atoms with Crippen molar-refractivity contribution in [1.82, 2.24) is 4.57 Å². The van der Waals surface area contributed by atoms with E-state index in [0.29, 0.717) is 17.9 Å². The normalized spacial score (nSPS) is 12.2. The van der Waals surface area contributed by atoms with Crippen LogP contribution in [0, 0.1) is 0 Å². The second-order valence-electron chi connectivity index (χ2n) is 6.70. The van der Waals surface area contributed by atoms with Crippen molar-refractivity contribution < 1.29 is 35.8 Å². The monoisotopic (exact) mass is 442 g/mol. The lowest BCUT2D eigenvalue weighted by Gasteiger charge is -2.03. The molecule has 0 atom stereocenters. The maximum absolute atomic E-state index is 12.8. The van der Waals surface area contributed by atoms with Crippen LogP contribution >= 0.6 is 0 Å². The van der Waals surface area contributed by atoms with E-state index in [1.54, 1.807) is 20.3 Å². The van der Waals surface area contributed by atoms with Gasteiger partial charge in [0.15, 0.2) is 12.2 Å². The molecule has 1 aromatic heterocycles. The molecule has 0 amide bonds. The number of fused-ring (bicyclic) bond motifs is 1. The van der Waals surface area contributed by atoms with E-state index < -0.39 is 0 Å². The Kier molecular flexibility index (Phi) is 6.19. The minimum Gasteiger partial charge on any atom is -1.00 e. The van der Waals surface area contributed by atoms with Gasteiger partial charge < -0.3 is 26.5 Å². The summed E-state index contributed by atoms with van der Waals surface area (Å²) in [5, 5.41) is 0. The molecule has 1 aliphatic heterocycles. The molecule has 0 spiro atoms. The first-order valence-corrected chi connectivity index (χ1v) is 9.13. The Balaban J connectivity index is 0.00000225. The van der Waals surface area contributed by atoms with Gasteiger partial charge >= 0.3 is 0 Å². The van der Waals surface area contributed by atoms with Crippen LogP contribution in [0.1, 0.15) is 22.6 Å². The van der Waals surface area contributed by atoms with E-state index in [-0.39, 0.29) is 22.8 Å². The summed E-state index contributed by atoms with van der Waals surface area (Å²) < 4.78 is 14.9. The number of carbonyl (C=O) groups is 1. The van der Waals surface area contributed by atoms with E-state index in [9.17, 15) is 4.79 Å². The first-order chi connectivity index (χ1) is 13.2. The van der Waals surface area contributed by atoms with Crippen molar-refractivity contribution in [2.24, 2.45) is 0 Å². The molecule has 2 heterocycles. The van der Waals surface area contributed by atoms with Crippen LogP contribution in [0.25, 0.3) is 11.3 Å². The van der Waals surface area contributed by atoms with Gasteiger partial charge in [-0.3, -0.25) is 4.79 Å². The summed E-state index contributed by atoms with van der Waals surface area (Å²) in [7, 11) is 3.28. The lowest BCUT2D eigenvalue weighted by molar-refractivity contribution is -0.689. The number of methoxy groups -OCH3 is 2. The van der Waals surface area contributed by atoms with E-state index >= 15 is 0 Å². The second-order valence-corrected chi connectivity index (χ2v) is 6.70. The third-order valence-corrected chi connectivity index (χ3v) is 5.09. The highest BCUT2D eigenvalue weighted by molar-refractivity contribution is 5.95. The Labute approximate surface area is 175 Å². The predicted octanol–water partition coefficient (Wildman–Crippen LogP) is 0.293. The summed E-state index contributed by atoms with van der Waals surface area (Å²) in [6.45, 7) is 1.32. The summed E-state index contributed by atoms with van der Waals surface area (Å²) in [6.07, 6.45) is 4.18. The van der Waals surface area contributed by atoms with Crippen molar-refractivity contribution in [3.8, 4) is 22.8 Å². The van der Waals surface area contributed by atoms with Crippen molar-refractivity contribution in [2.45, 2.75) is 25.9 Å². The molecule has 0 saturated heterocycles. The van der Waals surface area contributed by atoms with Gasteiger partial charge in [0.2, 0.25) is 5.78 Å². The maximum Gasteiger partial charge on any atom is 0.257 e. The van der Waals surface area contributed by atoms with Gasteiger partial charge in [0, 0.05) is 11.1 Å². The number of aromatic nitrogens is 2. The first-order valence-electron chi connectivity index (χ1n) is 9.13. The molecule has 0 aliphatic carbocycles. The van der Waals surface area contributed by atoms with E-state index in [4.69, 9.17) is 9.47 Å². The standard InChI is InChI=1S/C22H23N2O3.BrH/c1-26-18-10-8-16(9-11-18)20-14-23(22-7-4-12-24(20)22)15-21(25)17-5-3-6-19(13-17)27-2;/h3,5-6,8-11,13-14H,4,7,12,15H2,1-2H3;1H/q+1;/p-1. The highest BCUT2D eigenvalue weighted by atomic mass is 79.9. The summed E-state index contributed by atoms with van der Waals surface area (Å²) in [4.78, 5) is 12.8. The molecule has 0 fully saturated rings. The Hall–Kier alpha value is -2.60. The largest absolute Gasteiger partial charge is 1.00 e. The molecule has 0 saturated carbocycles. The number of imidazole rings is 1. The van der Waals surface area contributed by atoms with Crippen LogP contribution in [0.2, 0.25) is 0 Å². The van der Waals surface area contributed by atoms with Gasteiger partial charge in [-0.2, -0.15) is 0 Å². The Morgan fingerprint density at radius 3 is 2.54 bits per heavy atom. The number of benzene rings is 2. The zero-order valence-corrected chi connectivity index (χ0v) is 17.6. The van der Waals surface area contributed by atoms with Crippen LogP contribution in [-0.4, -0.2) is 24.6 Å². The van der Waals surface area contributed by atoms with Crippen molar-refractivity contribution in [1.29, 1.82) is 0 Å². The number of carbonyl (C=O) groups excluding carboxylic acids is 1. The minimum absolute atomic E-state index is 0. The summed E-state index contributed by atoms with van der Waals surface area (Å²) in [5.74, 6) is 2.83. The molecule has 5 nitrogen and oxygen atoms in total. The number of hydrogen-bond acceptors (Lipinski definition) is 3. The summed E-state index contributed by atoms with van der Waals surface area (Å²) >= 11 is 0. The number of ether oxygens (including phenoxy) is 2. The maximum atomic E-state index is 12.8. The van der Waals surface area contributed by atoms with Crippen molar-refractivity contribution in [3.63, 3.8) is 0 Å². The molecule has 2 aromatic carbocycles. The molecule has 0 unspecified atom stereocenters. The van der Waals surface area contributed by atoms with Crippen LogP contribution in [0.5, 0.6) is 11.5 Å². The molecule has 0 bridgehead atoms. The van der Waals surface area contributed by atoms with Crippen LogP contribution < -0.4 is 31.0 Å². The predicted molar refractivity (Wildman–Crippen MR) is 102 cm³/mol.